The molecule has 0 amide bonds. The zero-order chi connectivity index (χ0) is 14.5. The number of hydrogen-bond donors (Lipinski definition) is 1. The molecule has 5 nitrogen and oxygen atoms in total. The van der Waals surface area contributed by atoms with Gasteiger partial charge >= 0.3 is 5.97 Å². The van der Waals surface area contributed by atoms with Crippen LogP contribution in [-0.2, 0) is 11.3 Å². The molecule has 0 aliphatic heterocycles. The Bertz CT molecular complexity index is 637. The van der Waals surface area contributed by atoms with Crippen LogP contribution >= 0.6 is 27.5 Å². The van der Waals surface area contributed by atoms with Crippen molar-refractivity contribution in [3.8, 4) is 0 Å². The number of carbonyl (C=O) groups is 1. The van der Waals surface area contributed by atoms with E-state index in [0.29, 0.717) is 22.9 Å². The van der Waals surface area contributed by atoms with Crippen molar-refractivity contribution in [2.45, 2.75) is 6.54 Å². The van der Waals surface area contributed by atoms with Gasteiger partial charge in [-0.15, -0.1) is 0 Å². The maximum absolute atomic E-state index is 11.4. The highest BCUT2D eigenvalue weighted by atomic mass is 79.9. The number of anilines is 1. The lowest BCUT2D eigenvalue weighted by Crippen LogP contribution is -2.05. The highest BCUT2D eigenvalue weighted by Gasteiger charge is 2.09. The fourth-order valence-electron chi connectivity index (χ4n) is 1.56. The number of aromatic nitrogens is 2. The number of benzene rings is 1. The van der Waals surface area contributed by atoms with Crippen LogP contribution in [0.3, 0.4) is 0 Å². The Hall–Kier alpha value is -1.66. The normalized spacial score (nSPS) is 10.2. The molecule has 1 aromatic heterocycles. The summed E-state index contributed by atoms with van der Waals surface area (Å²) in [6, 6.07) is 5.25. The average Bonchev–Trinajstić information content (AvgIpc) is 2.46. The van der Waals surface area contributed by atoms with Crippen LogP contribution in [0.15, 0.2) is 35.2 Å². The largest absolute Gasteiger partial charge is 0.465 e. The Morgan fingerprint density at radius 1 is 1.50 bits per heavy atom. The van der Waals surface area contributed by atoms with Gasteiger partial charge in [-0.2, -0.15) is 0 Å². The number of halogens is 2. The van der Waals surface area contributed by atoms with E-state index < -0.39 is 0 Å². The number of nitrogens with zero attached hydrogens (tertiary/aromatic N) is 2. The summed E-state index contributed by atoms with van der Waals surface area (Å²) in [6.07, 6.45) is 2.94. The van der Waals surface area contributed by atoms with Crippen molar-refractivity contribution >= 4 is 39.3 Å². The fraction of sp³-hybridized carbons (Fsp3) is 0.154. The van der Waals surface area contributed by atoms with E-state index in [-0.39, 0.29) is 5.97 Å². The SMILES string of the molecule is COC(=O)c1ccc(CNc2ncncc2Cl)c(Br)c1. The second-order valence-electron chi connectivity index (χ2n) is 3.87. The summed E-state index contributed by atoms with van der Waals surface area (Å²) < 4.78 is 5.47. The number of esters is 1. The summed E-state index contributed by atoms with van der Waals surface area (Å²) in [4.78, 5) is 19.3. The van der Waals surface area contributed by atoms with Crippen molar-refractivity contribution in [2.24, 2.45) is 0 Å². The van der Waals surface area contributed by atoms with E-state index in [1.165, 1.54) is 19.6 Å². The molecule has 2 rings (SSSR count). The number of methoxy groups -OCH3 is 1. The van der Waals surface area contributed by atoms with E-state index in [1.807, 2.05) is 6.07 Å². The molecule has 0 saturated heterocycles. The average molecular weight is 357 g/mol. The minimum absolute atomic E-state index is 0.371. The van der Waals surface area contributed by atoms with Crippen LogP contribution in [0.2, 0.25) is 5.02 Å². The van der Waals surface area contributed by atoms with E-state index in [4.69, 9.17) is 11.6 Å². The molecule has 0 saturated carbocycles. The lowest BCUT2D eigenvalue weighted by atomic mass is 10.1. The summed E-state index contributed by atoms with van der Waals surface area (Å²) >= 11 is 9.38. The van der Waals surface area contributed by atoms with Crippen molar-refractivity contribution in [1.82, 2.24) is 9.97 Å². The van der Waals surface area contributed by atoms with Gasteiger partial charge < -0.3 is 10.1 Å². The molecule has 7 heteroatoms. The molecule has 0 unspecified atom stereocenters. The van der Waals surface area contributed by atoms with Gasteiger partial charge in [0.25, 0.3) is 0 Å². The standard InChI is InChI=1S/C13H11BrClN3O2/c1-20-13(19)8-2-3-9(10(14)4-8)5-17-12-11(15)6-16-7-18-12/h2-4,6-7H,5H2,1H3,(H,16,17,18). The lowest BCUT2D eigenvalue weighted by Gasteiger charge is -2.09. The third kappa shape index (κ3) is 3.46. The smallest absolute Gasteiger partial charge is 0.337 e. The maximum atomic E-state index is 11.4. The summed E-state index contributed by atoms with van der Waals surface area (Å²) in [6.45, 7) is 0.513. The minimum atomic E-state index is -0.371. The maximum Gasteiger partial charge on any atom is 0.337 e. The molecule has 0 aliphatic carbocycles. The highest BCUT2D eigenvalue weighted by molar-refractivity contribution is 9.10. The Morgan fingerprint density at radius 2 is 2.30 bits per heavy atom. The molecule has 0 atom stereocenters. The zero-order valence-corrected chi connectivity index (χ0v) is 12.9. The molecule has 2 aromatic rings. The first kappa shape index (κ1) is 14.7. The van der Waals surface area contributed by atoms with Crippen LogP contribution in [0.5, 0.6) is 0 Å². The van der Waals surface area contributed by atoms with Gasteiger partial charge in [-0.3, -0.25) is 0 Å². The van der Waals surface area contributed by atoms with E-state index in [2.05, 4.69) is 36.0 Å². The lowest BCUT2D eigenvalue weighted by molar-refractivity contribution is 0.0600. The predicted octanol–water partition coefficient (Wildman–Crippen LogP) is 3.29. The number of carbonyl (C=O) groups excluding carboxylic acids is 1. The number of rotatable bonds is 4. The molecular weight excluding hydrogens is 346 g/mol. The first-order valence-electron chi connectivity index (χ1n) is 5.68. The van der Waals surface area contributed by atoms with Gasteiger partial charge in [0.05, 0.1) is 18.9 Å². The molecule has 0 bridgehead atoms. The fourth-order valence-corrected chi connectivity index (χ4v) is 2.25. The molecular formula is C13H11BrClN3O2. The summed E-state index contributed by atoms with van der Waals surface area (Å²) in [5.74, 6) is 0.190. The summed E-state index contributed by atoms with van der Waals surface area (Å²) in [7, 11) is 1.35. The predicted molar refractivity (Wildman–Crippen MR) is 79.9 cm³/mol. The molecule has 104 valence electrons. The minimum Gasteiger partial charge on any atom is -0.465 e. The first-order chi connectivity index (χ1) is 9.61. The van der Waals surface area contributed by atoms with Crippen LogP contribution in [0.1, 0.15) is 15.9 Å². The van der Waals surface area contributed by atoms with Crippen molar-refractivity contribution in [3.05, 3.63) is 51.3 Å². The third-order valence-corrected chi connectivity index (χ3v) is 3.60. The second-order valence-corrected chi connectivity index (χ2v) is 5.13. The Kier molecular flexibility index (Phi) is 4.92. The van der Waals surface area contributed by atoms with E-state index in [0.717, 1.165) is 10.0 Å². The van der Waals surface area contributed by atoms with Gasteiger partial charge in [-0.25, -0.2) is 14.8 Å². The number of nitrogens with one attached hydrogen (secondary N) is 1. The van der Waals surface area contributed by atoms with Crippen molar-refractivity contribution in [2.75, 3.05) is 12.4 Å². The van der Waals surface area contributed by atoms with Gasteiger partial charge in [0, 0.05) is 11.0 Å². The van der Waals surface area contributed by atoms with Crippen molar-refractivity contribution in [1.29, 1.82) is 0 Å². The Morgan fingerprint density at radius 3 is 2.95 bits per heavy atom. The van der Waals surface area contributed by atoms with Crippen molar-refractivity contribution < 1.29 is 9.53 Å². The first-order valence-corrected chi connectivity index (χ1v) is 6.85. The molecule has 1 N–H and O–H groups in total. The van der Waals surface area contributed by atoms with Crippen LogP contribution in [0.25, 0.3) is 0 Å². The van der Waals surface area contributed by atoms with Crippen LogP contribution < -0.4 is 5.32 Å². The van der Waals surface area contributed by atoms with Gasteiger partial charge in [-0.05, 0) is 17.7 Å². The topological polar surface area (TPSA) is 64.1 Å². The van der Waals surface area contributed by atoms with Gasteiger partial charge in [-0.1, -0.05) is 33.6 Å². The second kappa shape index (κ2) is 6.67. The molecule has 0 radical (unpaired) electrons. The number of ether oxygens (including phenoxy) is 1. The summed E-state index contributed by atoms with van der Waals surface area (Å²) in [5.41, 5.74) is 1.45. The van der Waals surface area contributed by atoms with Crippen LogP contribution in [0, 0.1) is 0 Å². The molecule has 1 aromatic carbocycles. The zero-order valence-electron chi connectivity index (χ0n) is 10.6. The van der Waals surface area contributed by atoms with Gasteiger partial charge in [0.1, 0.15) is 17.2 Å². The number of hydrogen-bond acceptors (Lipinski definition) is 5. The summed E-state index contributed by atoms with van der Waals surface area (Å²) in [5, 5.41) is 3.56. The van der Waals surface area contributed by atoms with Crippen LogP contribution in [-0.4, -0.2) is 23.0 Å². The highest BCUT2D eigenvalue weighted by Crippen LogP contribution is 2.22. The monoisotopic (exact) mass is 355 g/mol. The van der Waals surface area contributed by atoms with Crippen molar-refractivity contribution in [3.63, 3.8) is 0 Å². The Balaban J connectivity index is 2.11. The van der Waals surface area contributed by atoms with E-state index in [9.17, 15) is 4.79 Å². The molecule has 20 heavy (non-hydrogen) atoms. The van der Waals surface area contributed by atoms with Crippen LogP contribution in [0.4, 0.5) is 5.82 Å². The molecule has 0 fully saturated rings. The molecule has 0 aliphatic rings. The molecule has 1 heterocycles. The van der Waals surface area contributed by atoms with Gasteiger partial charge in [0.2, 0.25) is 0 Å². The quantitative estimate of drug-likeness (QED) is 0.852. The molecule has 0 spiro atoms. The van der Waals surface area contributed by atoms with E-state index >= 15 is 0 Å². The Labute approximate surface area is 129 Å². The third-order valence-electron chi connectivity index (χ3n) is 2.59. The van der Waals surface area contributed by atoms with Gasteiger partial charge in [0.15, 0.2) is 0 Å². The van der Waals surface area contributed by atoms with E-state index in [1.54, 1.807) is 12.1 Å².